The second-order valence-corrected chi connectivity index (χ2v) is 5.91. The lowest BCUT2D eigenvalue weighted by Crippen LogP contribution is -2.42. The fraction of sp³-hybridized carbons (Fsp3) is 0.429. The molecule has 1 aromatic carbocycles. The first kappa shape index (κ1) is 14.0. The topological polar surface area (TPSA) is 80.9 Å². The van der Waals surface area contributed by atoms with Gasteiger partial charge in [-0.15, -0.1) is 5.10 Å². The molecular weight excluding hydrogens is 292 g/mol. The van der Waals surface area contributed by atoms with E-state index in [0.29, 0.717) is 23.7 Å². The van der Waals surface area contributed by atoms with Crippen LogP contribution in [0.25, 0.3) is 11.4 Å². The highest BCUT2D eigenvalue weighted by atomic mass is 35.5. The molecule has 1 aromatic heterocycles. The van der Waals surface area contributed by atoms with Gasteiger partial charge in [0.2, 0.25) is 0 Å². The van der Waals surface area contributed by atoms with Crippen LogP contribution in [-0.2, 0) is 11.3 Å². The van der Waals surface area contributed by atoms with Crippen molar-refractivity contribution in [3.05, 3.63) is 28.8 Å². The number of aryl methyl sites for hydroxylation is 1. The Kier molecular flexibility index (Phi) is 3.41. The van der Waals surface area contributed by atoms with Crippen LogP contribution in [0.1, 0.15) is 24.8 Å². The molecule has 110 valence electrons. The van der Waals surface area contributed by atoms with Gasteiger partial charge in [0.15, 0.2) is 5.82 Å². The molecule has 2 aromatic rings. The van der Waals surface area contributed by atoms with Crippen molar-refractivity contribution < 1.29 is 9.90 Å². The molecule has 1 saturated carbocycles. The Morgan fingerprint density at radius 1 is 1.48 bits per heavy atom. The molecule has 0 aliphatic heterocycles. The largest absolute Gasteiger partial charge is 0.481 e. The Labute approximate surface area is 126 Å². The Morgan fingerprint density at radius 3 is 2.86 bits per heavy atom. The quantitative estimate of drug-likeness (QED) is 0.939. The minimum atomic E-state index is -0.787. The van der Waals surface area contributed by atoms with Crippen LogP contribution < -0.4 is 0 Å². The van der Waals surface area contributed by atoms with Crippen molar-refractivity contribution in [2.75, 3.05) is 0 Å². The van der Waals surface area contributed by atoms with Crippen LogP contribution in [0.15, 0.2) is 18.2 Å². The van der Waals surface area contributed by atoms with Crippen molar-refractivity contribution in [2.45, 2.75) is 32.7 Å². The minimum absolute atomic E-state index is 0.273. The fourth-order valence-electron chi connectivity index (χ4n) is 2.65. The number of carboxylic acids is 1. The number of carboxylic acid groups (broad SMARTS) is 1. The summed E-state index contributed by atoms with van der Waals surface area (Å²) in [6.07, 6.45) is 2.24. The van der Waals surface area contributed by atoms with E-state index < -0.39 is 11.4 Å². The van der Waals surface area contributed by atoms with Gasteiger partial charge in [0.25, 0.3) is 0 Å². The maximum absolute atomic E-state index is 11.5. The smallest absolute Gasteiger partial charge is 0.311 e. The van der Waals surface area contributed by atoms with Crippen LogP contribution in [-0.4, -0.2) is 31.3 Å². The van der Waals surface area contributed by atoms with E-state index in [2.05, 4.69) is 15.5 Å². The third-order valence-electron chi connectivity index (χ3n) is 4.18. The number of hydrogen-bond donors (Lipinski definition) is 1. The average molecular weight is 307 g/mol. The second-order valence-electron chi connectivity index (χ2n) is 5.54. The van der Waals surface area contributed by atoms with E-state index in [-0.39, 0.29) is 6.54 Å². The molecule has 1 fully saturated rings. The van der Waals surface area contributed by atoms with E-state index in [1.54, 1.807) is 4.68 Å². The summed E-state index contributed by atoms with van der Waals surface area (Å²) in [6.45, 7) is 2.18. The molecule has 0 radical (unpaired) electrons. The lowest BCUT2D eigenvalue weighted by Gasteiger charge is -2.37. The van der Waals surface area contributed by atoms with Crippen LogP contribution in [0.5, 0.6) is 0 Å². The third kappa shape index (κ3) is 2.29. The molecule has 7 heteroatoms. The van der Waals surface area contributed by atoms with Gasteiger partial charge < -0.3 is 5.11 Å². The Balaban J connectivity index is 1.98. The summed E-state index contributed by atoms with van der Waals surface area (Å²) in [4.78, 5) is 11.5. The number of tetrazole rings is 1. The van der Waals surface area contributed by atoms with Crippen LogP contribution in [0.3, 0.4) is 0 Å². The van der Waals surface area contributed by atoms with E-state index >= 15 is 0 Å². The second kappa shape index (κ2) is 5.11. The van der Waals surface area contributed by atoms with Crippen molar-refractivity contribution in [1.82, 2.24) is 20.2 Å². The first-order valence-corrected chi connectivity index (χ1v) is 7.16. The summed E-state index contributed by atoms with van der Waals surface area (Å²) in [7, 11) is 0. The fourth-order valence-corrected chi connectivity index (χ4v) is 2.86. The summed E-state index contributed by atoms with van der Waals surface area (Å²) in [5.74, 6) is -0.276. The molecule has 0 amide bonds. The minimum Gasteiger partial charge on any atom is -0.481 e. The number of rotatable bonds is 4. The van der Waals surface area contributed by atoms with Crippen LogP contribution in [0, 0.1) is 12.3 Å². The zero-order chi connectivity index (χ0) is 15.0. The molecule has 1 N–H and O–H groups in total. The van der Waals surface area contributed by atoms with Gasteiger partial charge in [0, 0.05) is 5.56 Å². The van der Waals surface area contributed by atoms with Crippen LogP contribution in [0.2, 0.25) is 5.02 Å². The number of halogens is 1. The highest BCUT2D eigenvalue weighted by molar-refractivity contribution is 6.33. The Hall–Kier alpha value is -1.95. The molecule has 21 heavy (non-hydrogen) atoms. The number of hydrogen-bond acceptors (Lipinski definition) is 4. The summed E-state index contributed by atoms with van der Waals surface area (Å²) in [5.41, 5.74) is 0.905. The number of benzene rings is 1. The van der Waals surface area contributed by atoms with Crippen molar-refractivity contribution in [3.63, 3.8) is 0 Å². The zero-order valence-electron chi connectivity index (χ0n) is 11.6. The third-order valence-corrected chi connectivity index (χ3v) is 4.68. The molecule has 0 saturated heterocycles. The van der Waals surface area contributed by atoms with Gasteiger partial charge in [-0.05, 0) is 41.8 Å². The van der Waals surface area contributed by atoms with Gasteiger partial charge in [-0.3, -0.25) is 4.79 Å². The predicted octanol–water partition coefficient (Wildman–Crippen LogP) is 2.56. The first-order chi connectivity index (χ1) is 10.0. The summed E-state index contributed by atoms with van der Waals surface area (Å²) >= 11 is 6.31. The van der Waals surface area contributed by atoms with E-state index in [1.807, 2.05) is 25.1 Å². The number of aromatic nitrogens is 4. The number of carbonyl (C=O) groups is 1. The van der Waals surface area contributed by atoms with Crippen molar-refractivity contribution in [1.29, 1.82) is 0 Å². The molecule has 1 aliphatic carbocycles. The summed E-state index contributed by atoms with van der Waals surface area (Å²) < 4.78 is 1.55. The van der Waals surface area contributed by atoms with Gasteiger partial charge in [-0.2, -0.15) is 0 Å². The molecule has 1 heterocycles. The molecular formula is C14H15ClN4O2. The first-order valence-electron chi connectivity index (χ1n) is 6.78. The van der Waals surface area contributed by atoms with Gasteiger partial charge in [0.05, 0.1) is 17.0 Å². The molecule has 0 atom stereocenters. The lowest BCUT2D eigenvalue weighted by atomic mass is 9.69. The molecule has 1 aliphatic rings. The molecule has 0 unspecified atom stereocenters. The van der Waals surface area contributed by atoms with Crippen molar-refractivity contribution in [2.24, 2.45) is 5.41 Å². The van der Waals surface area contributed by atoms with Crippen molar-refractivity contribution in [3.8, 4) is 11.4 Å². The average Bonchev–Trinajstić information content (AvgIpc) is 2.84. The van der Waals surface area contributed by atoms with Crippen LogP contribution in [0.4, 0.5) is 0 Å². The van der Waals surface area contributed by atoms with Gasteiger partial charge >= 0.3 is 5.97 Å². The Morgan fingerprint density at radius 2 is 2.24 bits per heavy atom. The zero-order valence-corrected chi connectivity index (χ0v) is 12.3. The van der Waals surface area contributed by atoms with E-state index in [1.165, 1.54) is 0 Å². The van der Waals surface area contributed by atoms with Crippen LogP contribution >= 0.6 is 11.6 Å². The maximum Gasteiger partial charge on any atom is 0.311 e. The molecule has 6 nitrogen and oxygen atoms in total. The van der Waals surface area contributed by atoms with Gasteiger partial charge in [-0.25, -0.2) is 4.68 Å². The van der Waals surface area contributed by atoms with E-state index in [0.717, 1.165) is 17.5 Å². The molecule has 3 rings (SSSR count). The summed E-state index contributed by atoms with van der Waals surface area (Å²) in [6, 6.07) is 5.63. The number of aliphatic carboxylic acids is 1. The molecule has 0 bridgehead atoms. The highest BCUT2D eigenvalue weighted by Crippen LogP contribution is 2.43. The normalized spacial score (nSPS) is 16.5. The lowest BCUT2D eigenvalue weighted by molar-refractivity contribution is -0.156. The maximum atomic E-state index is 11.5. The number of nitrogens with zero attached hydrogens (tertiary/aromatic N) is 4. The SMILES string of the molecule is Cc1cccc(-c2nnnn2CC2(C(=O)O)CCC2)c1Cl. The molecule has 0 spiro atoms. The van der Waals surface area contributed by atoms with E-state index in [4.69, 9.17) is 11.6 Å². The Bertz CT molecular complexity index is 694. The standard InChI is InChI=1S/C14H15ClN4O2/c1-9-4-2-5-10(11(9)15)12-16-17-18-19(12)8-14(13(20)21)6-3-7-14/h2,4-5H,3,6-8H2,1H3,(H,20,21). The predicted molar refractivity (Wildman–Crippen MR) is 76.9 cm³/mol. The van der Waals surface area contributed by atoms with E-state index in [9.17, 15) is 9.90 Å². The summed E-state index contributed by atoms with van der Waals surface area (Å²) in [5, 5.41) is 21.7. The monoisotopic (exact) mass is 306 g/mol. The van der Waals surface area contributed by atoms with Gasteiger partial charge in [0.1, 0.15) is 0 Å². The highest BCUT2D eigenvalue weighted by Gasteiger charge is 2.45. The van der Waals surface area contributed by atoms with Crippen molar-refractivity contribution >= 4 is 17.6 Å². The van der Waals surface area contributed by atoms with Gasteiger partial charge in [-0.1, -0.05) is 30.2 Å².